The Bertz CT molecular complexity index is 190. The van der Waals surface area contributed by atoms with E-state index in [-0.39, 0.29) is 0 Å². The molecule has 0 saturated heterocycles. The first-order valence-corrected chi connectivity index (χ1v) is 9.24. The Kier molecular flexibility index (Phi) is 11.8. The third-order valence-electron chi connectivity index (χ3n) is 2.60. The van der Waals surface area contributed by atoms with E-state index in [1.807, 2.05) is 20.8 Å². The molecule has 0 aliphatic heterocycles. The van der Waals surface area contributed by atoms with Gasteiger partial charge in [0.2, 0.25) is 0 Å². The van der Waals surface area contributed by atoms with Gasteiger partial charge >= 0.3 is 8.80 Å². The first-order valence-electron chi connectivity index (χ1n) is 7.31. The van der Waals surface area contributed by atoms with Crippen molar-refractivity contribution in [1.82, 2.24) is 0 Å². The van der Waals surface area contributed by atoms with Crippen LogP contribution in [0.5, 0.6) is 0 Å². The highest BCUT2D eigenvalue weighted by molar-refractivity contribution is 6.60. The summed E-state index contributed by atoms with van der Waals surface area (Å²) in [5, 5.41) is 0. The maximum atomic E-state index is 5.81. The van der Waals surface area contributed by atoms with E-state index < -0.39 is 8.80 Å². The summed E-state index contributed by atoms with van der Waals surface area (Å²) in [4.78, 5) is 0. The van der Waals surface area contributed by atoms with Crippen molar-refractivity contribution in [2.75, 3.05) is 19.8 Å². The van der Waals surface area contributed by atoms with Crippen molar-refractivity contribution >= 4 is 8.80 Å². The van der Waals surface area contributed by atoms with E-state index in [4.69, 9.17) is 13.3 Å². The van der Waals surface area contributed by atoms with Crippen molar-refractivity contribution in [2.45, 2.75) is 59.4 Å². The third-order valence-corrected chi connectivity index (χ3v) is 5.75. The lowest BCUT2D eigenvalue weighted by molar-refractivity contribution is 0.0707. The first-order chi connectivity index (χ1) is 8.74. The van der Waals surface area contributed by atoms with Crippen molar-refractivity contribution in [3.8, 4) is 0 Å². The molecule has 4 heteroatoms. The van der Waals surface area contributed by atoms with Gasteiger partial charge < -0.3 is 13.3 Å². The van der Waals surface area contributed by atoms with E-state index in [0.29, 0.717) is 19.8 Å². The third kappa shape index (κ3) is 8.03. The summed E-state index contributed by atoms with van der Waals surface area (Å²) < 4.78 is 17.4. The van der Waals surface area contributed by atoms with E-state index in [0.717, 1.165) is 25.3 Å². The monoisotopic (exact) mass is 274 g/mol. The molecular weight excluding hydrogens is 244 g/mol. The molecule has 0 bridgehead atoms. The van der Waals surface area contributed by atoms with Crippen LogP contribution in [-0.2, 0) is 13.3 Å². The zero-order chi connectivity index (χ0) is 13.7. The van der Waals surface area contributed by atoms with E-state index in [2.05, 4.69) is 19.1 Å². The second kappa shape index (κ2) is 11.9. The van der Waals surface area contributed by atoms with Crippen LogP contribution in [0.2, 0.25) is 6.04 Å². The van der Waals surface area contributed by atoms with Crippen LogP contribution < -0.4 is 0 Å². The van der Waals surface area contributed by atoms with E-state index >= 15 is 0 Å². The Balaban J connectivity index is 4.08. The molecule has 0 saturated carbocycles. The normalized spacial score (nSPS) is 12.4. The molecule has 0 aromatic heterocycles. The molecular formula is C14H30O3Si. The molecule has 0 aromatic carbocycles. The molecule has 0 rings (SSSR count). The Morgan fingerprint density at radius 3 is 1.78 bits per heavy atom. The Hall–Kier alpha value is -0.163. The maximum absolute atomic E-state index is 5.81. The first kappa shape index (κ1) is 17.8. The van der Waals surface area contributed by atoms with Gasteiger partial charge in [-0.05, 0) is 46.5 Å². The van der Waals surface area contributed by atoms with Crippen LogP contribution >= 0.6 is 0 Å². The van der Waals surface area contributed by atoms with Crippen LogP contribution in [0.15, 0.2) is 12.2 Å². The van der Waals surface area contributed by atoms with Crippen molar-refractivity contribution in [3.05, 3.63) is 12.2 Å². The largest absolute Gasteiger partial charge is 0.500 e. The van der Waals surface area contributed by atoms with Crippen LogP contribution in [0.4, 0.5) is 0 Å². The van der Waals surface area contributed by atoms with Crippen LogP contribution in [0, 0.1) is 0 Å². The summed E-state index contributed by atoms with van der Waals surface area (Å²) in [6, 6.07) is 0.933. The quantitative estimate of drug-likeness (QED) is 0.304. The van der Waals surface area contributed by atoms with Gasteiger partial charge in [0.25, 0.3) is 0 Å². The van der Waals surface area contributed by atoms with Gasteiger partial charge in [0.05, 0.1) is 0 Å². The molecule has 0 radical (unpaired) electrons. The number of unbranched alkanes of at least 4 members (excludes halogenated alkanes) is 2. The van der Waals surface area contributed by atoms with E-state index in [9.17, 15) is 0 Å². The Morgan fingerprint density at radius 1 is 0.778 bits per heavy atom. The molecule has 108 valence electrons. The van der Waals surface area contributed by atoms with Crippen LogP contribution in [0.1, 0.15) is 53.4 Å². The van der Waals surface area contributed by atoms with Crippen LogP contribution in [-0.4, -0.2) is 28.6 Å². The fraction of sp³-hybridized carbons (Fsp3) is 0.857. The molecule has 0 amide bonds. The highest BCUT2D eigenvalue weighted by Crippen LogP contribution is 2.20. The lowest BCUT2D eigenvalue weighted by Crippen LogP contribution is -2.45. The fourth-order valence-electron chi connectivity index (χ4n) is 1.89. The molecule has 0 aromatic rings. The average molecular weight is 274 g/mol. The molecule has 0 aliphatic rings. The highest BCUT2D eigenvalue weighted by Gasteiger charge is 2.39. The number of hydrogen-bond acceptors (Lipinski definition) is 3. The van der Waals surface area contributed by atoms with Gasteiger partial charge in [-0.25, -0.2) is 0 Å². The van der Waals surface area contributed by atoms with Crippen LogP contribution in [0.3, 0.4) is 0 Å². The topological polar surface area (TPSA) is 27.7 Å². The second-order valence-electron chi connectivity index (χ2n) is 4.11. The fourth-order valence-corrected chi connectivity index (χ4v) is 4.57. The molecule has 0 spiro atoms. The lowest BCUT2D eigenvalue weighted by Gasteiger charge is -2.28. The number of hydrogen-bond donors (Lipinski definition) is 0. The Morgan fingerprint density at radius 2 is 1.33 bits per heavy atom. The predicted octanol–water partition coefficient (Wildman–Crippen LogP) is 4.17. The molecule has 0 N–H and O–H groups in total. The molecule has 3 nitrogen and oxygen atoms in total. The summed E-state index contributed by atoms with van der Waals surface area (Å²) in [5.74, 6) is 0. The minimum atomic E-state index is -2.39. The molecule has 18 heavy (non-hydrogen) atoms. The summed E-state index contributed by atoms with van der Waals surface area (Å²) in [7, 11) is -2.39. The summed E-state index contributed by atoms with van der Waals surface area (Å²) in [6.45, 7) is 10.2. The van der Waals surface area contributed by atoms with Gasteiger partial charge in [-0.1, -0.05) is 19.1 Å². The van der Waals surface area contributed by atoms with E-state index in [1.165, 1.54) is 6.42 Å². The van der Waals surface area contributed by atoms with Gasteiger partial charge in [-0.2, -0.15) is 0 Å². The van der Waals surface area contributed by atoms with Gasteiger partial charge in [-0.15, -0.1) is 0 Å². The SMILES string of the molecule is CC/C=C/CCCC[Si](OCC)(OCC)OCC. The van der Waals surface area contributed by atoms with Crippen molar-refractivity contribution in [1.29, 1.82) is 0 Å². The molecule has 0 heterocycles. The summed E-state index contributed by atoms with van der Waals surface area (Å²) in [5.41, 5.74) is 0. The molecule has 0 fully saturated rings. The van der Waals surface area contributed by atoms with Crippen molar-refractivity contribution in [3.63, 3.8) is 0 Å². The second-order valence-corrected chi connectivity index (χ2v) is 6.84. The zero-order valence-corrected chi connectivity index (χ0v) is 13.5. The van der Waals surface area contributed by atoms with Gasteiger partial charge in [0.1, 0.15) is 0 Å². The lowest BCUT2D eigenvalue weighted by atomic mass is 10.2. The minimum absolute atomic E-state index is 0.669. The summed E-state index contributed by atoms with van der Waals surface area (Å²) >= 11 is 0. The van der Waals surface area contributed by atoms with Gasteiger partial charge in [-0.3, -0.25) is 0 Å². The number of rotatable bonds is 12. The Labute approximate surface area is 114 Å². The molecule has 0 aliphatic carbocycles. The molecule has 0 atom stereocenters. The maximum Gasteiger partial charge on any atom is 0.500 e. The average Bonchev–Trinajstić information content (AvgIpc) is 2.35. The standard InChI is InChI=1S/C14H30O3Si/c1-5-9-10-11-12-13-14-18(15-6-2,16-7-3)17-8-4/h9-10H,5-8,11-14H2,1-4H3/b10-9+. The van der Waals surface area contributed by atoms with Crippen molar-refractivity contribution in [2.24, 2.45) is 0 Å². The zero-order valence-electron chi connectivity index (χ0n) is 12.5. The summed E-state index contributed by atoms with van der Waals surface area (Å²) in [6.07, 6.45) is 9.03. The minimum Gasteiger partial charge on any atom is -0.374 e. The number of allylic oxidation sites excluding steroid dienone is 2. The van der Waals surface area contributed by atoms with E-state index in [1.54, 1.807) is 0 Å². The van der Waals surface area contributed by atoms with Gasteiger partial charge in [0.15, 0.2) is 0 Å². The molecule has 0 unspecified atom stereocenters. The predicted molar refractivity (Wildman–Crippen MR) is 78.7 cm³/mol. The van der Waals surface area contributed by atoms with Crippen molar-refractivity contribution < 1.29 is 13.3 Å². The van der Waals surface area contributed by atoms with Gasteiger partial charge in [0, 0.05) is 25.9 Å². The smallest absolute Gasteiger partial charge is 0.374 e. The van der Waals surface area contributed by atoms with Crippen LogP contribution in [0.25, 0.3) is 0 Å². The highest BCUT2D eigenvalue weighted by atomic mass is 28.4.